The van der Waals surface area contributed by atoms with Crippen molar-refractivity contribution in [3.63, 3.8) is 0 Å². The molecule has 0 aromatic heterocycles. The lowest BCUT2D eigenvalue weighted by atomic mass is 10.2. The first-order valence-corrected chi connectivity index (χ1v) is 6.94. The van der Waals surface area contributed by atoms with Gasteiger partial charge in [-0.15, -0.1) is 0 Å². The molecule has 0 spiro atoms. The lowest BCUT2D eigenvalue weighted by Gasteiger charge is -2.12. The second-order valence-electron chi connectivity index (χ2n) is 4.16. The minimum Gasteiger partial charge on any atom is -0.382 e. The minimum absolute atomic E-state index is 0.434. The van der Waals surface area contributed by atoms with Crippen molar-refractivity contribution in [3.05, 3.63) is 0 Å². The zero-order valence-corrected chi connectivity index (χ0v) is 11.5. The molecule has 0 aromatic rings. The standard InChI is InChI=1S/C12H24N2O2S/c1-2-15-9-4-7-13-12(17)14-8-6-11-5-3-10-16-11/h11H,2-10H2,1H3,(H2,13,14,17). The van der Waals surface area contributed by atoms with Gasteiger partial charge in [0.15, 0.2) is 5.11 Å². The molecule has 1 rings (SSSR count). The molecule has 100 valence electrons. The Balaban J connectivity index is 1.86. The molecule has 0 saturated carbocycles. The molecule has 0 radical (unpaired) electrons. The lowest BCUT2D eigenvalue weighted by molar-refractivity contribution is 0.105. The Morgan fingerprint density at radius 3 is 2.94 bits per heavy atom. The Hall–Kier alpha value is -0.390. The van der Waals surface area contributed by atoms with Crippen molar-refractivity contribution in [2.75, 3.05) is 32.9 Å². The Bertz CT molecular complexity index is 209. The van der Waals surface area contributed by atoms with Crippen LogP contribution in [-0.2, 0) is 9.47 Å². The quantitative estimate of drug-likeness (QED) is 0.511. The number of ether oxygens (including phenoxy) is 2. The third-order valence-electron chi connectivity index (χ3n) is 2.73. The summed E-state index contributed by atoms with van der Waals surface area (Å²) in [5.41, 5.74) is 0. The first kappa shape index (κ1) is 14.7. The molecule has 1 heterocycles. The van der Waals surface area contributed by atoms with Gasteiger partial charge in [0.05, 0.1) is 6.10 Å². The van der Waals surface area contributed by atoms with Crippen molar-refractivity contribution in [3.8, 4) is 0 Å². The van der Waals surface area contributed by atoms with E-state index >= 15 is 0 Å². The maximum Gasteiger partial charge on any atom is 0.166 e. The maximum atomic E-state index is 5.54. The topological polar surface area (TPSA) is 42.5 Å². The molecule has 0 bridgehead atoms. The van der Waals surface area contributed by atoms with Crippen LogP contribution in [0.25, 0.3) is 0 Å². The smallest absolute Gasteiger partial charge is 0.166 e. The number of hydrogen-bond donors (Lipinski definition) is 2. The third kappa shape index (κ3) is 7.52. The van der Waals surface area contributed by atoms with Crippen molar-refractivity contribution in [1.82, 2.24) is 10.6 Å². The summed E-state index contributed by atoms with van der Waals surface area (Å²) in [6, 6.07) is 0. The van der Waals surface area contributed by atoms with E-state index in [2.05, 4.69) is 10.6 Å². The van der Waals surface area contributed by atoms with Gasteiger partial charge in [-0.2, -0.15) is 0 Å². The highest BCUT2D eigenvalue weighted by atomic mass is 32.1. The van der Waals surface area contributed by atoms with Gasteiger partial charge in [0, 0.05) is 32.9 Å². The van der Waals surface area contributed by atoms with Crippen LogP contribution < -0.4 is 10.6 Å². The SMILES string of the molecule is CCOCCCNC(=S)NCCC1CCCO1. The fourth-order valence-electron chi connectivity index (χ4n) is 1.80. The summed E-state index contributed by atoms with van der Waals surface area (Å²) < 4.78 is 10.8. The lowest BCUT2D eigenvalue weighted by Crippen LogP contribution is -2.37. The van der Waals surface area contributed by atoms with Crippen LogP contribution in [-0.4, -0.2) is 44.1 Å². The van der Waals surface area contributed by atoms with Crippen LogP contribution in [0.3, 0.4) is 0 Å². The predicted octanol–water partition coefficient (Wildman–Crippen LogP) is 1.45. The van der Waals surface area contributed by atoms with Crippen molar-refractivity contribution in [1.29, 1.82) is 0 Å². The van der Waals surface area contributed by atoms with Gasteiger partial charge in [0.1, 0.15) is 0 Å². The van der Waals surface area contributed by atoms with E-state index < -0.39 is 0 Å². The van der Waals surface area contributed by atoms with Crippen LogP contribution in [0.2, 0.25) is 0 Å². The number of nitrogens with one attached hydrogen (secondary N) is 2. The molecule has 0 aromatic carbocycles. The van der Waals surface area contributed by atoms with Gasteiger partial charge in [0.25, 0.3) is 0 Å². The number of rotatable bonds is 8. The van der Waals surface area contributed by atoms with Crippen molar-refractivity contribution < 1.29 is 9.47 Å². The Morgan fingerprint density at radius 1 is 1.41 bits per heavy atom. The highest BCUT2D eigenvalue weighted by Crippen LogP contribution is 2.14. The number of thiocarbonyl (C=S) groups is 1. The van der Waals surface area contributed by atoms with Crippen molar-refractivity contribution in [2.24, 2.45) is 0 Å². The average Bonchev–Trinajstić information content (AvgIpc) is 2.82. The van der Waals surface area contributed by atoms with Crippen LogP contribution in [0.4, 0.5) is 0 Å². The maximum absolute atomic E-state index is 5.54. The van der Waals surface area contributed by atoms with Gasteiger partial charge in [-0.05, 0) is 44.8 Å². The van der Waals surface area contributed by atoms with E-state index in [4.69, 9.17) is 21.7 Å². The summed E-state index contributed by atoms with van der Waals surface area (Å²) in [4.78, 5) is 0. The van der Waals surface area contributed by atoms with Gasteiger partial charge in [-0.3, -0.25) is 0 Å². The molecule has 1 aliphatic rings. The highest BCUT2D eigenvalue weighted by molar-refractivity contribution is 7.80. The Labute approximate surface area is 109 Å². The molecule has 0 amide bonds. The largest absolute Gasteiger partial charge is 0.382 e. The summed E-state index contributed by atoms with van der Waals surface area (Å²) in [5.74, 6) is 0. The molecule has 1 saturated heterocycles. The van der Waals surface area contributed by atoms with E-state index in [-0.39, 0.29) is 0 Å². The van der Waals surface area contributed by atoms with E-state index in [0.29, 0.717) is 6.10 Å². The summed E-state index contributed by atoms with van der Waals surface area (Å²) in [6.07, 6.45) is 4.85. The molecule has 0 aliphatic carbocycles. The molecule has 4 nitrogen and oxygen atoms in total. The highest BCUT2D eigenvalue weighted by Gasteiger charge is 2.14. The van der Waals surface area contributed by atoms with E-state index in [1.165, 1.54) is 12.8 Å². The molecule has 1 atom stereocenters. The second-order valence-corrected chi connectivity index (χ2v) is 4.57. The summed E-state index contributed by atoms with van der Waals surface area (Å²) in [6.45, 7) is 6.26. The zero-order chi connectivity index (χ0) is 12.3. The van der Waals surface area contributed by atoms with Crippen LogP contribution in [0.15, 0.2) is 0 Å². The first-order valence-electron chi connectivity index (χ1n) is 6.54. The zero-order valence-electron chi connectivity index (χ0n) is 10.7. The average molecular weight is 260 g/mol. The van der Waals surface area contributed by atoms with Crippen LogP contribution >= 0.6 is 12.2 Å². The van der Waals surface area contributed by atoms with Crippen molar-refractivity contribution in [2.45, 2.75) is 38.7 Å². The van der Waals surface area contributed by atoms with Gasteiger partial charge in [0.2, 0.25) is 0 Å². The Morgan fingerprint density at radius 2 is 2.24 bits per heavy atom. The second kappa shape index (κ2) is 9.62. The van der Waals surface area contributed by atoms with Crippen LogP contribution in [0.5, 0.6) is 0 Å². The molecule has 2 N–H and O–H groups in total. The molecule has 1 unspecified atom stereocenters. The van der Waals surface area contributed by atoms with Gasteiger partial charge >= 0.3 is 0 Å². The van der Waals surface area contributed by atoms with E-state index in [1.54, 1.807) is 0 Å². The van der Waals surface area contributed by atoms with E-state index in [0.717, 1.165) is 50.9 Å². The first-order chi connectivity index (χ1) is 8.33. The van der Waals surface area contributed by atoms with E-state index in [9.17, 15) is 0 Å². The normalized spacial score (nSPS) is 19.2. The molecule has 1 fully saturated rings. The molecule has 1 aliphatic heterocycles. The van der Waals surface area contributed by atoms with Gasteiger partial charge in [-0.1, -0.05) is 0 Å². The monoisotopic (exact) mass is 260 g/mol. The molecule has 17 heavy (non-hydrogen) atoms. The van der Waals surface area contributed by atoms with Crippen LogP contribution in [0.1, 0.15) is 32.6 Å². The fourth-order valence-corrected chi connectivity index (χ4v) is 2.01. The third-order valence-corrected chi connectivity index (χ3v) is 3.02. The summed E-state index contributed by atoms with van der Waals surface area (Å²) in [5, 5.41) is 7.10. The summed E-state index contributed by atoms with van der Waals surface area (Å²) >= 11 is 5.17. The summed E-state index contributed by atoms with van der Waals surface area (Å²) in [7, 11) is 0. The minimum atomic E-state index is 0.434. The molecule has 5 heteroatoms. The fraction of sp³-hybridized carbons (Fsp3) is 0.917. The Kier molecular flexibility index (Phi) is 8.30. The predicted molar refractivity (Wildman–Crippen MR) is 73.3 cm³/mol. The van der Waals surface area contributed by atoms with Crippen molar-refractivity contribution >= 4 is 17.3 Å². The molecular weight excluding hydrogens is 236 g/mol. The van der Waals surface area contributed by atoms with E-state index in [1.807, 2.05) is 6.92 Å². The van der Waals surface area contributed by atoms with Crippen LogP contribution in [0, 0.1) is 0 Å². The van der Waals surface area contributed by atoms with Gasteiger partial charge in [-0.25, -0.2) is 0 Å². The number of hydrogen-bond acceptors (Lipinski definition) is 3. The molecular formula is C12H24N2O2S. The van der Waals surface area contributed by atoms with Gasteiger partial charge < -0.3 is 20.1 Å².